The van der Waals surface area contributed by atoms with Crippen LogP contribution >= 0.6 is 23.2 Å². The lowest BCUT2D eigenvalue weighted by molar-refractivity contribution is 0.513. The topological polar surface area (TPSA) is 12.0 Å². The zero-order valence-corrected chi connectivity index (χ0v) is 13.4. The van der Waals surface area contributed by atoms with Crippen molar-refractivity contribution in [2.45, 2.75) is 25.8 Å². The van der Waals surface area contributed by atoms with Crippen LogP contribution in [0.5, 0.6) is 0 Å². The molecular weight excluding hydrogens is 308 g/mol. The fourth-order valence-corrected chi connectivity index (χ4v) is 2.75. The number of halogens is 3. The van der Waals surface area contributed by atoms with Crippen molar-refractivity contribution in [3.05, 3.63) is 69.5 Å². The van der Waals surface area contributed by atoms with Crippen LogP contribution in [0.3, 0.4) is 0 Å². The lowest BCUT2D eigenvalue weighted by Crippen LogP contribution is -2.24. The van der Waals surface area contributed by atoms with Crippen molar-refractivity contribution in [1.82, 2.24) is 5.32 Å². The van der Waals surface area contributed by atoms with Gasteiger partial charge in [-0.05, 0) is 54.8 Å². The Balaban J connectivity index is 2.28. The molecule has 0 fully saturated rings. The maximum absolute atomic E-state index is 13.9. The van der Waals surface area contributed by atoms with Crippen molar-refractivity contribution < 1.29 is 4.39 Å². The van der Waals surface area contributed by atoms with Crippen LogP contribution in [0.4, 0.5) is 4.39 Å². The van der Waals surface area contributed by atoms with Gasteiger partial charge in [-0.25, -0.2) is 4.39 Å². The van der Waals surface area contributed by atoms with Crippen LogP contribution in [-0.4, -0.2) is 6.54 Å². The van der Waals surface area contributed by atoms with Gasteiger partial charge in [0.15, 0.2) is 0 Å². The first kappa shape index (κ1) is 16.3. The second-order valence-corrected chi connectivity index (χ2v) is 5.81. The third-order valence-corrected chi connectivity index (χ3v) is 3.93. The number of hydrogen-bond donors (Lipinski definition) is 1. The van der Waals surface area contributed by atoms with Crippen molar-refractivity contribution in [2.24, 2.45) is 0 Å². The summed E-state index contributed by atoms with van der Waals surface area (Å²) in [5, 5.41) is 4.66. The van der Waals surface area contributed by atoms with Crippen molar-refractivity contribution in [2.75, 3.05) is 6.54 Å². The molecule has 2 rings (SSSR count). The van der Waals surface area contributed by atoms with Crippen LogP contribution in [-0.2, 0) is 6.42 Å². The van der Waals surface area contributed by atoms with E-state index >= 15 is 0 Å². The fraction of sp³-hybridized carbons (Fsp3) is 0.294. The normalized spacial score (nSPS) is 12.4. The Labute approximate surface area is 135 Å². The molecule has 0 aliphatic heterocycles. The van der Waals surface area contributed by atoms with E-state index in [0.717, 1.165) is 18.5 Å². The first-order chi connectivity index (χ1) is 10.1. The molecule has 0 saturated carbocycles. The van der Waals surface area contributed by atoms with Gasteiger partial charge in [0.25, 0.3) is 0 Å². The third kappa shape index (κ3) is 4.44. The van der Waals surface area contributed by atoms with Gasteiger partial charge in [-0.15, -0.1) is 0 Å². The summed E-state index contributed by atoms with van der Waals surface area (Å²) >= 11 is 12.2. The average molecular weight is 326 g/mol. The van der Waals surface area contributed by atoms with Crippen molar-refractivity contribution in [3.63, 3.8) is 0 Å². The lowest BCUT2D eigenvalue weighted by atomic mass is 9.98. The predicted octanol–water partition coefficient (Wildman–Crippen LogP) is 5.42. The highest BCUT2D eigenvalue weighted by atomic mass is 35.5. The van der Waals surface area contributed by atoms with Gasteiger partial charge in [0.2, 0.25) is 0 Å². The summed E-state index contributed by atoms with van der Waals surface area (Å²) < 4.78 is 13.9. The van der Waals surface area contributed by atoms with Crippen LogP contribution in [0.25, 0.3) is 0 Å². The van der Waals surface area contributed by atoms with Crippen LogP contribution in [0.15, 0.2) is 42.5 Å². The molecule has 2 aromatic rings. The Hall–Kier alpha value is -1.09. The Morgan fingerprint density at radius 2 is 1.90 bits per heavy atom. The zero-order chi connectivity index (χ0) is 15.2. The summed E-state index contributed by atoms with van der Waals surface area (Å²) in [7, 11) is 0. The van der Waals surface area contributed by atoms with Gasteiger partial charge in [-0.2, -0.15) is 0 Å². The van der Waals surface area contributed by atoms with Crippen LogP contribution < -0.4 is 5.32 Å². The number of hydrogen-bond acceptors (Lipinski definition) is 1. The smallest absolute Gasteiger partial charge is 0.126 e. The van der Waals surface area contributed by atoms with Crippen molar-refractivity contribution >= 4 is 23.2 Å². The minimum atomic E-state index is -0.241. The van der Waals surface area contributed by atoms with E-state index in [0.29, 0.717) is 22.0 Å². The number of benzene rings is 2. The summed E-state index contributed by atoms with van der Waals surface area (Å²) in [6.45, 7) is 2.94. The SMILES string of the molecule is CCCNC(Cc1cc(Cl)ccc1F)c1ccccc1Cl. The van der Waals surface area contributed by atoms with E-state index in [-0.39, 0.29) is 11.9 Å². The van der Waals surface area contributed by atoms with Gasteiger partial charge >= 0.3 is 0 Å². The van der Waals surface area contributed by atoms with Gasteiger partial charge in [0.1, 0.15) is 5.82 Å². The maximum Gasteiger partial charge on any atom is 0.126 e. The standard InChI is InChI=1S/C17H18Cl2FN/c1-2-9-21-17(14-5-3-4-6-15(14)19)11-12-10-13(18)7-8-16(12)20/h3-8,10,17,21H,2,9,11H2,1H3. The molecule has 0 heterocycles. The molecule has 0 aromatic heterocycles. The molecule has 4 heteroatoms. The second-order valence-electron chi connectivity index (χ2n) is 4.97. The molecule has 0 aliphatic carbocycles. The molecule has 21 heavy (non-hydrogen) atoms. The molecule has 1 unspecified atom stereocenters. The molecule has 112 valence electrons. The van der Waals surface area contributed by atoms with Crippen molar-refractivity contribution in [3.8, 4) is 0 Å². The van der Waals surface area contributed by atoms with Gasteiger partial charge < -0.3 is 5.32 Å². The number of nitrogens with one attached hydrogen (secondary N) is 1. The summed E-state index contributed by atoms with van der Waals surface area (Å²) in [5.74, 6) is -0.241. The highest BCUT2D eigenvalue weighted by molar-refractivity contribution is 6.31. The van der Waals surface area contributed by atoms with Crippen LogP contribution in [0.1, 0.15) is 30.5 Å². The second kappa shape index (κ2) is 7.79. The molecule has 1 N–H and O–H groups in total. The van der Waals surface area contributed by atoms with E-state index in [1.54, 1.807) is 12.1 Å². The molecule has 0 amide bonds. The van der Waals surface area contributed by atoms with E-state index in [9.17, 15) is 4.39 Å². The Morgan fingerprint density at radius 3 is 2.62 bits per heavy atom. The van der Waals surface area contributed by atoms with E-state index in [2.05, 4.69) is 12.2 Å². The predicted molar refractivity (Wildman–Crippen MR) is 87.6 cm³/mol. The summed E-state index contributed by atoms with van der Waals surface area (Å²) in [6.07, 6.45) is 1.51. The van der Waals surface area contributed by atoms with Crippen molar-refractivity contribution in [1.29, 1.82) is 0 Å². The number of rotatable bonds is 6. The summed E-state index contributed by atoms with van der Waals surface area (Å²) in [5.41, 5.74) is 1.57. The molecule has 0 radical (unpaired) electrons. The molecule has 0 saturated heterocycles. The monoisotopic (exact) mass is 325 g/mol. The Morgan fingerprint density at radius 1 is 1.14 bits per heavy atom. The van der Waals surface area contributed by atoms with Gasteiger partial charge in [-0.1, -0.05) is 48.3 Å². The molecular formula is C17H18Cl2FN. The quantitative estimate of drug-likeness (QED) is 0.748. The summed E-state index contributed by atoms with van der Waals surface area (Å²) in [4.78, 5) is 0. The highest BCUT2D eigenvalue weighted by Gasteiger charge is 2.16. The minimum absolute atomic E-state index is 0.0355. The molecule has 0 bridgehead atoms. The first-order valence-electron chi connectivity index (χ1n) is 7.03. The molecule has 0 spiro atoms. The van der Waals surface area contributed by atoms with Crippen LogP contribution in [0, 0.1) is 5.82 Å². The van der Waals surface area contributed by atoms with E-state index in [1.807, 2.05) is 24.3 Å². The average Bonchev–Trinajstić information content (AvgIpc) is 2.48. The zero-order valence-electron chi connectivity index (χ0n) is 11.9. The van der Waals surface area contributed by atoms with Gasteiger partial charge in [-0.3, -0.25) is 0 Å². The lowest BCUT2D eigenvalue weighted by Gasteiger charge is -2.20. The molecule has 1 atom stereocenters. The largest absolute Gasteiger partial charge is 0.310 e. The summed E-state index contributed by atoms with van der Waals surface area (Å²) in [6, 6.07) is 12.3. The van der Waals surface area contributed by atoms with Gasteiger partial charge in [0, 0.05) is 16.1 Å². The van der Waals surface area contributed by atoms with Crippen LogP contribution in [0.2, 0.25) is 10.0 Å². The fourth-order valence-electron chi connectivity index (χ4n) is 2.29. The third-order valence-electron chi connectivity index (χ3n) is 3.35. The minimum Gasteiger partial charge on any atom is -0.310 e. The first-order valence-corrected chi connectivity index (χ1v) is 7.79. The molecule has 1 nitrogen and oxygen atoms in total. The highest BCUT2D eigenvalue weighted by Crippen LogP contribution is 2.27. The maximum atomic E-state index is 13.9. The van der Waals surface area contributed by atoms with E-state index < -0.39 is 0 Å². The Bertz CT molecular complexity index is 601. The molecule has 2 aromatic carbocycles. The van der Waals surface area contributed by atoms with E-state index in [1.165, 1.54) is 6.07 Å². The Kier molecular flexibility index (Phi) is 6.04. The van der Waals surface area contributed by atoms with E-state index in [4.69, 9.17) is 23.2 Å². The van der Waals surface area contributed by atoms with Gasteiger partial charge in [0.05, 0.1) is 0 Å². The molecule has 0 aliphatic rings.